The van der Waals surface area contributed by atoms with Crippen molar-refractivity contribution in [3.63, 3.8) is 0 Å². The number of fused-ring (bicyclic) bond motifs is 1. The molecule has 1 amide bonds. The van der Waals surface area contributed by atoms with Crippen LogP contribution in [-0.2, 0) is 24.7 Å². The first kappa shape index (κ1) is 13.8. The fourth-order valence-electron chi connectivity index (χ4n) is 2.89. The Kier molecular flexibility index (Phi) is 3.73. The van der Waals surface area contributed by atoms with Crippen LogP contribution in [0.2, 0.25) is 0 Å². The van der Waals surface area contributed by atoms with Crippen LogP contribution in [0.1, 0.15) is 35.7 Å². The van der Waals surface area contributed by atoms with Gasteiger partial charge < -0.3 is 5.32 Å². The van der Waals surface area contributed by atoms with Crippen LogP contribution in [-0.4, -0.2) is 15.7 Å². The molecule has 1 atom stereocenters. The Hall–Kier alpha value is -2.17. The van der Waals surface area contributed by atoms with Gasteiger partial charge in [0.05, 0.1) is 18.7 Å². The summed E-state index contributed by atoms with van der Waals surface area (Å²) in [5.74, 6) is -0.324. The molecule has 1 aliphatic rings. The molecule has 1 aliphatic carbocycles. The zero-order valence-corrected chi connectivity index (χ0v) is 12.0. The van der Waals surface area contributed by atoms with Crippen LogP contribution < -0.4 is 5.32 Å². The van der Waals surface area contributed by atoms with Crippen molar-refractivity contribution in [1.82, 2.24) is 15.1 Å². The van der Waals surface area contributed by atoms with Crippen molar-refractivity contribution < 1.29 is 9.18 Å². The Balaban J connectivity index is 1.67. The van der Waals surface area contributed by atoms with E-state index in [2.05, 4.69) is 10.4 Å². The zero-order valence-electron chi connectivity index (χ0n) is 12.0. The van der Waals surface area contributed by atoms with Gasteiger partial charge in [-0.2, -0.15) is 5.10 Å². The van der Waals surface area contributed by atoms with Gasteiger partial charge in [-0.1, -0.05) is 12.1 Å². The largest absolute Gasteiger partial charge is 0.349 e. The van der Waals surface area contributed by atoms with E-state index in [1.807, 2.05) is 17.9 Å². The van der Waals surface area contributed by atoms with Crippen LogP contribution in [0.25, 0.3) is 0 Å². The maximum absolute atomic E-state index is 12.9. The van der Waals surface area contributed by atoms with Crippen LogP contribution in [0, 0.1) is 5.82 Å². The van der Waals surface area contributed by atoms with E-state index in [1.165, 1.54) is 17.8 Å². The lowest BCUT2D eigenvalue weighted by atomic mass is 9.93. The lowest BCUT2D eigenvalue weighted by Crippen LogP contribution is -2.32. The van der Waals surface area contributed by atoms with E-state index in [-0.39, 0.29) is 24.2 Å². The van der Waals surface area contributed by atoms with Crippen molar-refractivity contribution in [2.45, 2.75) is 31.7 Å². The highest BCUT2D eigenvalue weighted by Gasteiger charge is 2.24. The number of nitrogens with one attached hydrogen (secondary N) is 1. The Bertz CT molecular complexity index is 648. The Morgan fingerprint density at radius 2 is 2.19 bits per heavy atom. The molecule has 1 aromatic heterocycles. The molecular formula is C16H18FN3O. The molecule has 1 heterocycles. The summed E-state index contributed by atoms with van der Waals surface area (Å²) in [6.45, 7) is 0. The normalized spacial score (nSPS) is 17.3. The molecule has 21 heavy (non-hydrogen) atoms. The first-order chi connectivity index (χ1) is 10.1. The summed E-state index contributed by atoms with van der Waals surface area (Å²) in [7, 11) is 1.93. The smallest absolute Gasteiger partial charge is 0.224 e. The molecule has 0 saturated heterocycles. The molecule has 0 fully saturated rings. The molecule has 5 heteroatoms. The van der Waals surface area contributed by atoms with Crippen molar-refractivity contribution in [1.29, 1.82) is 0 Å². The minimum atomic E-state index is -0.286. The van der Waals surface area contributed by atoms with Crippen LogP contribution in [0.15, 0.2) is 30.5 Å². The summed E-state index contributed by atoms with van der Waals surface area (Å²) in [5.41, 5.74) is 3.14. The van der Waals surface area contributed by atoms with Gasteiger partial charge in [0.1, 0.15) is 5.82 Å². The number of benzene rings is 1. The number of hydrogen-bond donors (Lipinski definition) is 1. The number of halogens is 1. The third-order valence-corrected chi connectivity index (χ3v) is 3.99. The number of hydrogen-bond acceptors (Lipinski definition) is 2. The Morgan fingerprint density at radius 1 is 1.43 bits per heavy atom. The van der Waals surface area contributed by atoms with Gasteiger partial charge in [-0.15, -0.1) is 0 Å². The van der Waals surface area contributed by atoms with Crippen molar-refractivity contribution in [2.24, 2.45) is 7.05 Å². The van der Waals surface area contributed by atoms with Crippen LogP contribution >= 0.6 is 0 Å². The number of amides is 1. The summed E-state index contributed by atoms with van der Waals surface area (Å²) >= 11 is 0. The van der Waals surface area contributed by atoms with Crippen LogP contribution in [0.5, 0.6) is 0 Å². The van der Waals surface area contributed by atoms with E-state index in [0.717, 1.165) is 30.4 Å². The summed E-state index contributed by atoms with van der Waals surface area (Å²) in [5, 5.41) is 7.34. The molecule has 3 rings (SSSR count). The lowest BCUT2D eigenvalue weighted by Gasteiger charge is -2.23. The summed E-state index contributed by atoms with van der Waals surface area (Å²) in [6.07, 6.45) is 5.11. The molecule has 110 valence electrons. The number of carbonyl (C=O) groups excluding carboxylic acids is 1. The van der Waals surface area contributed by atoms with Crippen LogP contribution in [0.4, 0.5) is 4.39 Å². The number of aryl methyl sites for hydroxylation is 1. The van der Waals surface area contributed by atoms with Gasteiger partial charge in [-0.3, -0.25) is 9.48 Å². The summed E-state index contributed by atoms with van der Waals surface area (Å²) in [6, 6.07) is 6.08. The molecule has 0 saturated carbocycles. The molecule has 4 nitrogen and oxygen atoms in total. The van der Waals surface area contributed by atoms with Crippen molar-refractivity contribution in [3.05, 3.63) is 53.1 Å². The van der Waals surface area contributed by atoms with Gasteiger partial charge >= 0.3 is 0 Å². The lowest BCUT2D eigenvalue weighted by molar-refractivity contribution is -0.121. The average molecular weight is 287 g/mol. The highest BCUT2D eigenvalue weighted by Crippen LogP contribution is 2.29. The fraction of sp³-hybridized carbons (Fsp3) is 0.375. The second kappa shape index (κ2) is 5.68. The maximum Gasteiger partial charge on any atom is 0.224 e. The number of aromatic nitrogens is 2. The van der Waals surface area contributed by atoms with E-state index in [0.29, 0.717) is 0 Å². The number of rotatable bonds is 3. The van der Waals surface area contributed by atoms with Gasteiger partial charge in [-0.25, -0.2) is 4.39 Å². The highest BCUT2D eigenvalue weighted by atomic mass is 19.1. The first-order valence-corrected chi connectivity index (χ1v) is 7.18. The second-order valence-corrected chi connectivity index (χ2v) is 5.49. The molecule has 0 aliphatic heterocycles. The Morgan fingerprint density at radius 3 is 2.95 bits per heavy atom. The van der Waals surface area contributed by atoms with Gasteiger partial charge in [0, 0.05) is 18.3 Å². The predicted molar refractivity (Wildman–Crippen MR) is 77.1 cm³/mol. The number of nitrogens with zero attached hydrogens (tertiary/aromatic N) is 2. The van der Waals surface area contributed by atoms with Gasteiger partial charge in [-0.05, 0) is 37.0 Å². The minimum absolute atomic E-state index is 0.0374. The third kappa shape index (κ3) is 2.96. The topological polar surface area (TPSA) is 46.9 Å². The highest BCUT2D eigenvalue weighted by molar-refractivity contribution is 5.79. The molecule has 0 spiro atoms. The van der Waals surface area contributed by atoms with Gasteiger partial charge in [0.25, 0.3) is 0 Å². The SMILES string of the molecule is Cn1ncc2c1CCC[C@H]2NC(=O)Cc1ccc(F)cc1. The van der Waals surface area contributed by atoms with Crippen molar-refractivity contribution in [2.75, 3.05) is 0 Å². The van der Waals surface area contributed by atoms with E-state index >= 15 is 0 Å². The maximum atomic E-state index is 12.9. The fourth-order valence-corrected chi connectivity index (χ4v) is 2.89. The molecular weight excluding hydrogens is 269 g/mol. The third-order valence-electron chi connectivity index (χ3n) is 3.99. The first-order valence-electron chi connectivity index (χ1n) is 7.18. The Labute approximate surface area is 123 Å². The zero-order chi connectivity index (χ0) is 14.8. The summed E-state index contributed by atoms with van der Waals surface area (Å²) in [4.78, 5) is 12.2. The summed E-state index contributed by atoms with van der Waals surface area (Å²) < 4.78 is 14.7. The molecule has 0 bridgehead atoms. The molecule has 1 N–H and O–H groups in total. The number of carbonyl (C=O) groups is 1. The molecule has 0 radical (unpaired) electrons. The molecule has 1 aromatic carbocycles. The predicted octanol–water partition coefficient (Wildman–Crippen LogP) is 2.30. The molecule has 2 aromatic rings. The van der Waals surface area contributed by atoms with Crippen molar-refractivity contribution >= 4 is 5.91 Å². The van der Waals surface area contributed by atoms with E-state index < -0.39 is 0 Å². The second-order valence-electron chi connectivity index (χ2n) is 5.49. The van der Waals surface area contributed by atoms with Crippen LogP contribution in [0.3, 0.4) is 0 Å². The minimum Gasteiger partial charge on any atom is -0.349 e. The van der Waals surface area contributed by atoms with Crippen molar-refractivity contribution in [3.8, 4) is 0 Å². The standard InChI is InChI=1S/C16H18FN3O/c1-20-15-4-2-3-14(13(15)10-18-20)19-16(21)9-11-5-7-12(17)8-6-11/h5-8,10,14H,2-4,9H2,1H3,(H,19,21)/t14-/m1/s1. The monoisotopic (exact) mass is 287 g/mol. The van der Waals surface area contributed by atoms with E-state index in [1.54, 1.807) is 12.1 Å². The van der Waals surface area contributed by atoms with E-state index in [4.69, 9.17) is 0 Å². The molecule has 0 unspecified atom stereocenters. The van der Waals surface area contributed by atoms with Gasteiger partial charge in [0.15, 0.2) is 0 Å². The van der Waals surface area contributed by atoms with E-state index in [9.17, 15) is 9.18 Å². The van der Waals surface area contributed by atoms with Gasteiger partial charge in [0.2, 0.25) is 5.91 Å². The quantitative estimate of drug-likeness (QED) is 0.941. The average Bonchev–Trinajstić information content (AvgIpc) is 2.84.